The van der Waals surface area contributed by atoms with E-state index in [2.05, 4.69) is 0 Å². The van der Waals surface area contributed by atoms with E-state index in [-0.39, 0.29) is 5.69 Å². The van der Waals surface area contributed by atoms with Crippen molar-refractivity contribution in [2.24, 2.45) is 0 Å². The van der Waals surface area contributed by atoms with Crippen molar-refractivity contribution in [3.63, 3.8) is 0 Å². The molecule has 6 heteroatoms. The Kier molecular flexibility index (Phi) is 4.40. The molecule has 0 aliphatic carbocycles. The van der Waals surface area contributed by atoms with E-state index in [1.165, 1.54) is 16.3 Å². The Bertz CT molecular complexity index is 978. The molecular weight excluding hydrogens is 324 g/mol. The summed E-state index contributed by atoms with van der Waals surface area (Å²) in [6, 6.07) is 15.0. The Balaban J connectivity index is 2.32. The highest BCUT2D eigenvalue weighted by atomic mass is 32.2. The Hall–Kier alpha value is -2.60. The summed E-state index contributed by atoms with van der Waals surface area (Å²) < 4.78 is 1.45. The number of nitro groups is 1. The van der Waals surface area contributed by atoms with E-state index in [1.54, 1.807) is 0 Å². The SMILES string of the molecule is CCn1c(=O)c([N+](=O)[O-])c(Sc2ccc(C)cc2)c2ccccc21. The zero-order valence-electron chi connectivity index (χ0n) is 13.4. The number of rotatable bonds is 4. The predicted octanol–water partition coefficient (Wildman–Crippen LogP) is 4.39. The van der Waals surface area contributed by atoms with Gasteiger partial charge < -0.3 is 4.57 Å². The van der Waals surface area contributed by atoms with Crippen LogP contribution in [0.3, 0.4) is 0 Å². The predicted molar refractivity (Wildman–Crippen MR) is 95.8 cm³/mol. The van der Waals surface area contributed by atoms with Crippen LogP contribution >= 0.6 is 11.8 Å². The normalized spacial score (nSPS) is 10.9. The smallest absolute Gasteiger partial charge is 0.303 e. The van der Waals surface area contributed by atoms with Crippen molar-refractivity contribution in [1.82, 2.24) is 4.57 Å². The molecule has 0 saturated carbocycles. The maximum atomic E-state index is 12.6. The summed E-state index contributed by atoms with van der Waals surface area (Å²) in [4.78, 5) is 24.9. The summed E-state index contributed by atoms with van der Waals surface area (Å²) in [5.74, 6) is 0. The number of nitrogens with zero attached hydrogens (tertiary/aromatic N) is 2. The molecule has 122 valence electrons. The van der Waals surface area contributed by atoms with Crippen LogP contribution in [0.5, 0.6) is 0 Å². The molecule has 0 saturated heterocycles. The molecule has 1 aromatic heterocycles. The van der Waals surface area contributed by atoms with Crippen LogP contribution in [0.15, 0.2) is 63.1 Å². The molecule has 1 heterocycles. The lowest BCUT2D eigenvalue weighted by atomic mass is 10.2. The average Bonchev–Trinajstić information content (AvgIpc) is 2.57. The van der Waals surface area contributed by atoms with Gasteiger partial charge in [0.15, 0.2) is 0 Å². The minimum atomic E-state index is -0.572. The lowest BCUT2D eigenvalue weighted by Gasteiger charge is -2.12. The first-order valence-electron chi connectivity index (χ1n) is 7.57. The molecule has 0 radical (unpaired) electrons. The summed E-state index contributed by atoms with van der Waals surface area (Å²) in [6.07, 6.45) is 0. The molecule has 0 unspecified atom stereocenters. The summed E-state index contributed by atoms with van der Waals surface area (Å²) >= 11 is 1.26. The van der Waals surface area contributed by atoms with Crippen molar-refractivity contribution in [3.05, 3.63) is 74.6 Å². The van der Waals surface area contributed by atoms with Gasteiger partial charge in [-0.2, -0.15) is 0 Å². The van der Waals surface area contributed by atoms with Crippen LogP contribution in [0.1, 0.15) is 12.5 Å². The lowest BCUT2D eigenvalue weighted by molar-refractivity contribution is -0.389. The van der Waals surface area contributed by atoms with Gasteiger partial charge in [-0.25, -0.2) is 0 Å². The van der Waals surface area contributed by atoms with Gasteiger partial charge in [0.05, 0.1) is 10.4 Å². The highest BCUT2D eigenvalue weighted by molar-refractivity contribution is 7.99. The van der Waals surface area contributed by atoms with Crippen LogP contribution in [-0.2, 0) is 6.54 Å². The third-order valence-electron chi connectivity index (χ3n) is 3.84. The first kappa shape index (κ1) is 16.3. The number of fused-ring (bicyclic) bond motifs is 1. The number of pyridine rings is 1. The van der Waals surface area contributed by atoms with Crippen molar-refractivity contribution in [1.29, 1.82) is 0 Å². The highest BCUT2D eigenvalue weighted by Gasteiger charge is 2.25. The minimum absolute atomic E-state index is 0.360. The van der Waals surface area contributed by atoms with Crippen molar-refractivity contribution in [3.8, 4) is 0 Å². The van der Waals surface area contributed by atoms with Crippen LogP contribution < -0.4 is 5.56 Å². The summed E-state index contributed by atoms with van der Waals surface area (Å²) in [5.41, 5.74) is 0.905. The fraction of sp³-hybridized carbons (Fsp3) is 0.167. The number of benzene rings is 2. The van der Waals surface area contributed by atoms with Crippen molar-refractivity contribution < 1.29 is 4.92 Å². The Morgan fingerprint density at radius 2 is 1.79 bits per heavy atom. The van der Waals surface area contributed by atoms with Gasteiger partial charge in [-0.3, -0.25) is 14.9 Å². The van der Waals surface area contributed by atoms with Gasteiger partial charge in [0.1, 0.15) is 4.90 Å². The van der Waals surface area contributed by atoms with E-state index >= 15 is 0 Å². The fourth-order valence-corrected chi connectivity index (χ4v) is 3.71. The van der Waals surface area contributed by atoms with E-state index in [9.17, 15) is 14.9 Å². The molecule has 0 spiro atoms. The molecule has 0 amide bonds. The third kappa shape index (κ3) is 2.80. The second kappa shape index (κ2) is 6.49. The molecule has 0 aliphatic rings. The molecule has 0 atom stereocenters. The highest BCUT2D eigenvalue weighted by Crippen LogP contribution is 2.38. The summed E-state index contributed by atoms with van der Waals surface area (Å²) in [6.45, 7) is 4.18. The van der Waals surface area contributed by atoms with E-state index in [0.717, 1.165) is 15.8 Å². The average molecular weight is 340 g/mol. The van der Waals surface area contributed by atoms with E-state index < -0.39 is 10.5 Å². The Morgan fingerprint density at radius 3 is 2.42 bits per heavy atom. The van der Waals surface area contributed by atoms with Gasteiger partial charge in [0.2, 0.25) is 0 Å². The van der Waals surface area contributed by atoms with Gasteiger partial charge in [-0.05, 0) is 32.0 Å². The molecule has 0 fully saturated rings. The fourth-order valence-electron chi connectivity index (χ4n) is 2.67. The number of hydrogen-bond donors (Lipinski definition) is 0. The largest absolute Gasteiger partial charge is 0.348 e. The minimum Gasteiger partial charge on any atom is -0.303 e. The first-order chi connectivity index (χ1) is 11.5. The van der Waals surface area contributed by atoms with Crippen LogP contribution in [-0.4, -0.2) is 9.49 Å². The number of hydrogen-bond acceptors (Lipinski definition) is 4. The summed E-state index contributed by atoms with van der Waals surface area (Å²) in [7, 11) is 0. The number of aromatic nitrogens is 1. The van der Waals surface area contributed by atoms with Gasteiger partial charge in [0.25, 0.3) is 0 Å². The maximum absolute atomic E-state index is 12.6. The first-order valence-corrected chi connectivity index (χ1v) is 8.39. The van der Waals surface area contributed by atoms with Crippen LogP contribution in [0.4, 0.5) is 5.69 Å². The number of aryl methyl sites for hydroxylation is 2. The van der Waals surface area contributed by atoms with Crippen molar-refractivity contribution >= 4 is 28.4 Å². The van der Waals surface area contributed by atoms with Gasteiger partial charge in [0, 0.05) is 16.8 Å². The van der Waals surface area contributed by atoms with E-state index in [1.807, 2.05) is 62.4 Å². The Labute approximate surface area is 143 Å². The van der Waals surface area contributed by atoms with E-state index in [4.69, 9.17) is 0 Å². The quantitative estimate of drug-likeness (QED) is 0.522. The molecule has 24 heavy (non-hydrogen) atoms. The van der Waals surface area contributed by atoms with Crippen LogP contribution in [0.2, 0.25) is 0 Å². The summed E-state index contributed by atoms with van der Waals surface area (Å²) in [5, 5.41) is 12.3. The van der Waals surface area contributed by atoms with Crippen LogP contribution in [0.25, 0.3) is 10.9 Å². The van der Waals surface area contributed by atoms with Crippen molar-refractivity contribution in [2.75, 3.05) is 0 Å². The third-order valence-corrected chi connectivity index (χ3v) is 4.97. The zero-order chi connectivity index (χ0) is 17.3. The molecule has 5 nitrogen and oxygen atoms in total. The molecule has 0 bridgehead atoms. The second-order valence-corrected chi connectivity index (χ2v) is 6.50. The van der Waals surface area contributed by atoms with E-state index in [0.29, 0.717) is 17.0 Å². The molecule has 3 aromatic rings. The van der Waals surface area contributed by atoms with Gasteiger partial charge in [-0.15, -0.1) is 0 Å². The lowest BCUT2D eigenvalue weighted by Crippen LogP contribution is -2.23. The monoisotopic (exact) mass is 340 g/mol. The maximum Gasteiger partial charge on any atom is 0.348 e. The Morgan fingerprint density at radius 1 is 1.12 bits per heavy atom. The zero-order valence-corrected chi connectivity index (χ0v) is 14.2. The van der Waals surface area contributed by atoms with Crippen LogP contribution in [0, 0.1) is 17.0 Å². The molecule has 2 aromatic carbocycles. The van der Waals surface area contributed by atoms with Gasteiger partial charge >= 0.3 is 11.2 Å². The molecule has 3 rings (SSSR count). The second-order valence-electron chi connectivity index (χ2n) is 5.42. The topological polar surface area (TPSA) is 65.1 Å². The van der Waals surface area contributed by atoms with Gasteiger partial charge in [-0.1, -0.05) is 47.7 Å². The standard InChI is InChI=1S/C18H16N2O3S/c1-3-19-15-7-5-4-6-14(15)17(16(18(19)21)20(22)23)24-13-10-8-12(2)9-11-13/h4-11H,3H2,1-2H3. The van der Waals surface area contributed by atoms with Crippen molar-refractivity contribution in [2.45, 2.75) is 30.2 Å². The molecular formula is C18H16N2O3S. The molecule has 0 N–H and O–H groups in total. The molecule has 0 aliphatic heterocycles. The number of para-hydroxylation sites is 1.